The predicted octanol–water partition coefficient (Wildman–Crippen LogP) is 1.83. The minimum atomic E-state index is -0.220. The van der Waals surface area contributed by atoms with Crippen molar-refractivity contribution < 1.29 is 4.79 Å². The van der Waals surface area contributed by atoms with Gasteiger partial charge in [-0.15, -0.1) is 10.2 Å². The second-order valence-corrected chi connectivity index (χ2v) is 9.00. The number of nitrogens with zero attached hydrogens (tertiary/aromatic N) is 5. The van der Waals surface area contributed by atoms with E-state index in [9.17, 15) is 9.59 Å². The predicted molar refractivity (Wildman–Crippen MR) is 112 cm³/mol. The second-order valence-electron chi connectivity index (χ2n) is 6.98. The van der Waals surface area contributed by atoms with E-state index in [1.807, 2.05) is 25.6 Å². The number of hydrogen-bond acceptors (Lipinski definition) is 8. The minimum absolute atomic E-state index is 0.160. The van der Waals surface area contributed by atoms with Gasteiger partial charge in [0.05, 0.1) is 5.75 Å². The van der Waals surface area contributed by atoms with Gasteiger partial charge in [-0.3, -0.25) is 14.7 Å². The molecule has 0 aliphatic heterocycles. The van der Waals surface area contributed by atoms with Gasteiger partial charge in [0.1, 0.15) is 10.0 Å². The number of aromatic nitrogens is 4. The molecule has 0 atom stereocenters. The number of rotatable bonds is 8. The molecule has 0 fully saturated rings. The average molecular weight is 423 g/mol. The third-order valence-corrected chi connectivity index (χ3v) is 6.58. The van der Waals surface area contributed by atoms with Gasteiger partial charge in [-0.25, -0.2) is 4.79 Å². The fraction of sp³-hybridized carbons (Fsp3) is 0.611. The van der Waals surface area contributed by atoms with Gasteiger partial charge in [-0.2, -0.15) is 4.98 Å². The molecule has 152 valence electrons. The molecule has 3 rings (SSSR count). The lowest BCUT2D eigenvalue weighted by Crippen LogP contribution is -2.33. The average Bonchev–Trinajstić information content (AvgIpc) is 3.13. The molecular formula is C18H26N6O2S2. The van der Waals surface area contributed by atoms with Crippen molar-refractivity contribution in [3.8, 4) is 0 Å². The summed E-state index contributed by atoms with van der Waals surface area (Å²) in [4.78, 5) is 31.2. The van der Waals surface area contributed by atoms with Crippen LogP contribution in [-0.4, -0.2) is 56.9 Å². The van der Waals surface area contributed by atoms with E-state index in [-0.39, 0.29) is 17.3 Å². The van der Waals surface area contributed by atoms with Crippen LogP contribution in [0.3, 0.4) is 0 Å². The van der Waals surface area contributed by atoms with Crippen molar-refractivity contribution in [2.45, 2.75) is 50.6 Å². The van der Waals surface area contributed by atoms with Crippen LogP contribution in [-0.2, 0) is 30.6 Å². The van der Waals surface area contributed by atoms with Crippen LogP contribution in [0.25, 0.3) is 0 Å². The molecule has 8 nitrogen and oxygen atoms in total. The van der Waals surface area contributed by atoms with Crippen LogP contribution in [0.5, 0.6) is 0 Å². The first-order valence-corrected chi connectivity index (χ1v) is 11.3. The number of nitrogens with one attached hydrogen (secondary N) is 1. The van der Waals surface area contributed by atoms with Crippen LogP contribution in [0.4, 0.5) is 5.13 Å². The maximum Gasteiger partial charge on any atom is 0.348 e. The summed E-state index contributed by atoms with van der Waals surface area (Å²) in [7, 11) is 3.99. The van der Waals surface area contributed by atoms with Crippen molar-refractivity contribution in [3.63, 3.8) is 0 Å². The highest BCUT2D eigenvalue weighted by Gasteiger charge is 2.21. The molecular weight excluding hydrogens is 396 g/mol. The summed E-state index contributed by atoms with van der Waals surface area (Å²) < 4.78 is 1.81. The Morgan fingerprint density at radius 3 is 2.79 bits per heavy atom. The molecule has 1 amide bonds. The maximum atomic E-state index is 12.6. The van der Waals surface area contributed by atoms with Crippen molar-refractivity contribution in [2.24, 2.45) is 0 Å². The molecule has 1 N–H and O–H groups in total. The van der Waals surface area contributed by atoms with Crippen molar-refractivity contribution >= 4 is 34.1 Å². The first-order valence-electron chi connectivity index (χ1n) is 9.50. The summed E-state index contributed by atoms with van der Waals surface area (Å²) in [6, 6.07) is 0. The highest BCUT2D eigenvalue weighted by molar-refractivity contribution is 8.00. The molecule has 0 aromatic carbocycles. The lowest BCUT2D eigenvalue weighted by molar-refractivity contribution is -0.113. The molecule has 1 aliphatic carbocycles. The first kappa shape index (κ1) is 20.9. The van der Waals surface area contributed by atoms with Crippen LogP contribution < -0.4 is 11.0 Å². The van der Waals surface area contributed by atoms with E-state index in [1.165, 1.54) is 23.1 Å². The van der Waals surface area contributed by atoms with E-state index in [0.717, 1.165) is 54.9 Å². The number of hydrogen-bond donors (Lipinski definition) is 1. The Bertz CT molecular complexity index is 893. The highest BCUT2D eigenvalue weighted by Crippen LogP contribution is 2.28. The summed E-state index contributed by atoms with van der Waals surface area (Å²) in [6.07, 6.45) is 4.77. The molecule has 10 heteroatoms. The van der Waals surface area contributed by atoms with E-state index in [2.05, 4.69) is 25.4 Å². The van der Waals surface area contributed by atoms with Crippen molar-refractivity contribution in [2.75, 3.05) is 31.7 Å². The SMILES string of the molecule is CCc1nnc(NC(=O)CSc2nc(=O)n(CCN(C)C)c3c2CCCC3)s1. The van der Waals surface area contributed by atoms with Gasteiger partial charge < -0.3 is 4.90 Å². The first-order chi connectivity index (χ1) is 13.5. The number of carbonyl (C=O) groups excluding carboxylic acids is 1. The molecule has 0 saturated carbocycles. The summed E-state index contributed by atoms with van der Waals surface area (Å²) in [5, 5.41) is 12.8. The topological polar surface area (TPSA) is 93.0 Å². The van der Waals surface area contributed by atoms with Gasteiger partial charge in [0.25, 0.3) is 0 Å². The zero-order valence-electron chi connectivity index (χ0n) is 16.5. The summed E-state index contributed by atoms with van der Waals surface area (Å²) in [6.45, 7) is 3.44. The minimum Gasteiger partial charge on any atom is -0.308 e. The Labute approximate surface area is 172 Å². The number of thioether (sulfide) groups is 1. The van der Waals surface area contributed by atoms with Gasteiger partial charge in [0.2, 0.25) is 11.0 Å². The Hall–Kier alpha value is -1.78. The number of fused-ring (bicyclic) bond motifs is 1. The summed E-state index contributed by atoms with van der Waals surface area (Å²) in [5.74, 6) is 0.0358. The maximum absolute atomic E-state index is 12.6. The smallest absolute Gasteiger partial charge is 0.308 e. The zero-order valence-corrected chi connectivity index (χ0v) is 18.2. The fourth-order valence-corrected chi connectivity index (χ4v) is 4.71. The van der Waals surface area contributed by atoms with Crippen molar-refractivity contribution in [1.29, 1.82) is 0 Å². The largest absolute Gasteiger partial charge is 0.348 e. The lowest BCUT2D eigenvalue weighted by Gasteiger charge is -2.23. The van der Waals surface area contributed by atoms with Gasteiger partial charge in [-0.05, 0) is 46.2 Å². The van der Waals surface area contributed by atoms with Crippen molar-refractivity contribution in [1.82, 2.24) is 24.6 Å². The quantitative estimate of drug-likeness (QED) is 0.512. The molecule has 0 spiro atoms. The number of likely N-dealkylation sites (N-methyl/N-ethyl adjacent to an activating group) is 1. The lowest BCUT2D eigenvalue weighted by atomic mass is 9.97. The Morgan fingerprint density at radius 1 is 1.29 bits per heavy atom. The fourth-order valence-electron chi connectivity index (χ4n) is 3.13. The monoisotopic (exact) mass is 422 g/mol. The summed E-state index contributed by atoms with van der Waals surface area (Å²) in [5.41, 5.74) is 2.00. The summed E-state index contributed by atoms with van der Waals surface area (Å²) >= 11 is 2.71. The van der Waals surface area contributed by atoms with Crippen LogP contribution in [0, 0.1) is 0 Å². The molecule has 0 bridgehead atoms. The molecule has 2 aromatic heterocycles. The normalized spacial score (nSPS) is 13.6. The van der Waals surface area contributed by atoms with Gasteiger partial charge in [0, 0.05) is 24.3 Å². The van der Waals surface area contributed by atoms with E-state index in [1.54, 1.807) is 0 Å². The molecule has 2 heterocycles. The second kappa shape index (κ2) is 9.62. The number of aryl methyl sites for hydroxylation is 1. The standard InChI is InChI=1S/C18H26N6O2S2/c1-4-15-21-22-17(28-15)19-14(25)11-27-16-12-7-5-6-8-13(12)24(18(26)20-16)10-9-23(2)3/h4-11H2,1-3H3,(H,19,22,25). The van der Waals surface area contributed by atoms with E-state index < -0.39 is 0 Å². The van der Waals surface area contributed by atoms with Crippen LogP contribution in [0.15, 0.2) is 9.82 Å². The molecule has 28 heavy (non-hydrogen) atoms. The third-order valence-electron chi connectivity index (χ3n) is 4.58. The Morgan fingerprint density at radius 2 is 2.07 bits per heavy atom. The molecule has 2 aromatic rings. The molecule has 0 unspecified atom stereocenters. The van der Waals surface area contributed by atoms with E-state index in [4.69, 9.17) is 0 Å². The van der Waals surface area contributed by atoms with Gasteiger partial charge in [0.15, 0.2) is 0 Å². The third kappa shape index (κ3) is 5.18. The Kier molecular flexibility index (Phi) is 7.19. The highest BCUT2D eigenvalue weighted by atomic mass is 32.2. The number of carbonyl (C=O) groups is 1. The molecule has 0 radical (unpaired) electrons. The van der Waals surface area contributed by atoms with E-state index in [0.29, 0.717) is 16.7 Å². The number of anilines is 1. The van der Waals surface area contributed by atoms with Crippen molar-refractivity contribution in [3.05, 3.63) is 26.7 Å². The van der Waals surface area contributed by atoms with Crippen LogP contribution >= 0.6 is 23.1 Å². The van der Waals surface area contributed by atoms with Crippen LogP contribution in [0.1, 0.15) is 36.0 Å². The van der Waals surface area contributed by atoms with Gasteiger partial charge >= 0.3 is 5.69 Å². The number of amides is 1. The zero-order chi connectivity index (χ0) is 20.1. The van der Waals surface area contributed by atoms with E-state index >= 15 is 0 Å². The van der Waals surface area contributed by atoms with Crippen LogP contribution in [0.2, 0.25) is 0 Å². The molecule has 1 aliphatic rings. The molecule has 0 saturated heterocycles. The van der Waals surface area contributed by atoms with Gasteiger partial charge in [-0.1, -0.05) is 30.0 Å². The Balaban J connectivity index is 1.72.